The maximum atomic E-state index is 13.1. The Morgan fingerprint density at radius 1 is 1.10 bits per heavy atom. The minimum atomic E-state index is -0.910. The molecule has 3 nitrogen and oxygen atoms in total. The van der Waals surface area contributed by atoms with Crippen molar-refractivity contribution in [2.24, 2.45) is 5.73 Å². The quantitative estimate of drug-likeness (QED) is 0.862. The van der Waals surface area contributed by atoms with Crippen LogP contribution in [0.2, 0.25) is 0 Å². The minimum absolute atomic E-state index is 0.0833. The number of benzene rings is 2. The summed E-state index contributed by atoms with van der Waals surface area (Å²) in [6.45, 7) is 0.0833. The maximum Gasteiger partial charge on any atom is 0.161 e. The average molecular weight is 309 g/mol. The maximum absolute atomic E-state index is 13.1. The monoisotopic (exact) mass is 309 g/mol. The Hall–Kier alpha value is -2.21. The summed E-state index contributed by atoms with van der Waals surface area (Å²) in [7, 11) is 1.49. The van der Waals surface area contributed by atoms with Gasteiger partial charge in [0.2, 0.25) is 0 Å². The average Bonchev–Trinajstić information content (AvgIpc) is 2.48. The van der Waals surface area contributed by atoms with Crippen molar-refractivity contribution < 1.29 is 18.3 Å². The Kier molecular flexibility index (Phi) is 4.70. The molecule has 0 aliphatic heterocycles. The van der Waals surface area contributed by atoms with E-state index in [9.17, 15) is 8.78 Å². The second-order valence-corrected chi connectivity index (χ2v) is 4.71. The van der Waals surface area contributed by atoms with Crippen LogP contribution in [0.3, 0.4) is 0 Å². The molecule has 0 bridgehead atoms. The molecule has 2 aromatic carbocycles. The second-order valence-electron chi connectivity index (χ2n) is 4.27. The molecule has 0 aromatic heterocycles. The van der Waals surface area contributed by atoms with Crippen LogP contribution in [0.5, 0.6) is 11.5 Å². The van der Waals surface area contributed by atoms with Gasteiger partial charge in [-0.25, -0.2) is 8.78 Å². The van der Waals surface area contributed by atoms with Crippen molar-refractivity contribution in [2.45, 2.75) is 6.61 Å². The van der Waals surface area contributed by atoms with Gasteiger partial charge in [0.15, 0.2) is 23.1 Å². The van der Waals surface area contributed by atoms with Gasteiger partial charge in [-0.2, -0.15) is 0 Å². The van der Waals surface area contributed by atoms with Gasteiger partial charge in [0.1, 0.15) is 11.6 Å². The zero-order chi connectivity index (χ0) is 15.4. The van der Waals surface area contributed by atoms with Crippen molar-refractivity contribution in [3.8, 4) is 11.5 Å². The lowest BCUT2D eigenvalue weighted by molar-refractivity contribution is 0.283. The lowest BCUT2D eigenvalue weighted by Gasteiger charge is -2.12. The van der Waals surface area contributed by atoms with Crippen molar-refractivity contribution in [1.29, 1.82) is 0 Å². The molecule has 0 atom stereocenters. The Balaban J connectivity index is 2.15. The first-order valence-corrected chi connectivity index (χ1v) is 6.46. The summed E-state index contributed by atoms with van der Waals surface area (Å²) in [5, 5.41) is 0. The number of nitrogens with two attached hydrogens (primary N) is 1. The number of ether oxygens (including phenoxy) is 2. The van der Waals surface area contributed by atoms with E-state index in [0.29, 0.717) is 22.6 Å². The van der Waals surface area contributed by atoms with Gasteiger partial charge < -0.3 is 15.2 Å². The lowest BCUT2D eigenvalue weighted by Crippen LogP contribution is -2.09. The van der Waals surface area contributed by atoms with Gasteiger partial charge in [0.25, 0.3) is 0 Å². The van der Waals surface area contributed by atoms with E-state index in [4.69, 9.17) is 27.4 Å². The van der Waals surface area contributed by atoms with Crippen LogP contribution < -0.4 is 15.2 Å². The zero-order valence-corrected chi connectivity index (χ0v) is 12.0. The molecule has 0 fully saturated rings. The summed E-state index contributed by atoms with van der Waals surface area (Å²) < 4.78 is 36.7. The van der Waals surface area contributed by atoms with E-state index in [1.54, 1.807) is 18.2 Å². The molecule has 2 rings (SSSR count). The zero-order valence-electron chi connectivity index (χ0n) is 11.2. The number of halogens is 2. The Morgan fingerprint density at radius 2 is 1.86 bits per heavy atom. The van der Waals surface area contributed by atoms with E-state index < -0.39 is 11.6 Å². The van der Waals surface area contributed by atoms with Crippen LogP contribution in [0, 0.1) is 11.6 Å². The summed E-state index contributed by atoms with van der Waals surface area (Å²) >= 11 is 4.88. The van der Waals surface area contributed by atoms with E-state index in [1.165, 1.54) is 13.2 Å². The predicted molar refractivity (Wildman–Crippen MR) is 79.6 cm³/mol. The van der Waals surface area contributed by atoms with Crippen LogP contribution in [-0.2, 0) is 6.61 Å². The summed E-state index contributed by atoms with van der Waals surface area (Å²) in [4.78, 5) is 0.250. The Morgan fingerprint density at radius 3 is 2.48 bits per heavy atom. The van der Waals surface area contributed by atoms with E-state index in [-0.39, 0.29) is 11.6 Å². The first kappa shape index (κ1) is 15.2. The van der Waals surface area contributed by atoms with Crippen molar-refractivity contribution in [1.82, 2.24) is 0 Å². The van der Waals surface area contributed by atoms with Crippen molar-refractivity contribution in [2.75, 3.05) is 7.11 Å². The van der Waals surface area contributed by atoms with Crippen LogP contribution in [-0.4, -0.2) is 12.1 Å². The summed E-state index contributed by atoms with van der Waals surface area (Å²) in [6.07, 6.45) is 0. The summed E-state index contributed by atoms with van der Waals surface area (Å²) in [6, 6.07) is 8.61. The number of rotatable bonds is 5. The van der Waals surface area contributed by atoms with Crippen LogP contribution in [0.15, 0.2) is 36.4 Å². The summed E-state index contributed by atoms with van der Waals surface area (Å²) in [5.41, 5.74) is 6.70. The smallest absolute Gasteiger partial charge is 0.161 e. The molecule has 6 heteroatoms. The molecule has 0 saturated carbocycles. The third-order valence-corrected chi connectivity index (χ3v) is 3.06. The van der Waals surface area contributed by atoms with Crippen molar-refractivity contribution in [3.05, 3.63) is 59.2 Å². The highest BCUT2D eigenvalue weighted by molar-refractivity contribution is 7.80. The van der Waals surface area contributed by atoms with Crippen LogP contribution in [0.1, 0.15) is 11.1 Å². The molecule has 0 aliphatic rings. The molecule has 0 unspecified atom stereocenters. The highest BCUT2D eigenvalue weighted by Gasteiger charge is 2.08. The first-order valence-electron chi connectivity index (χ1n) is 6.06. The molecular weight excluding hydrogens is 296 g/mol. The van der Waals surface area contributed by atoms with Gasteiger partial charge in [-0.3, -0.25) is 0 Å². The molecule has 2 N–H and O–H groups in total. The van der Waals surface area contributed by atoms with Crippen LogP contribution >= 0.6 is 12.2 Å². The van der Waals surface area contributed by atoms with E-state index in [0.717, 1.165) is 12.1 Å². The number of hydrogen-bond acceptors (Lipinski definition) is 3. The number of methoxy groups -OCH3 is 1. The fourth-order valence-corrected chi connectivity index (χ4v) is 1.86. The Bertz CT molecular complexity index is 677. The minimum Gasteiger partial charge on any atom is -0.493 e. The molecule has 0 aliphatic carbocycles. The van der Waals surface area contributed by atoms with Gasteiger partial charge >= 0.3 is 0 Å². The number of thiocarbonyl (C=S) groups is 1. The van der Waals surface area contributed by atoms with Gasteiger partial charge in [0, 0.05) is 5.56 Å². The molecule has 2 aromatic rings. The van der Waals surface area contributed by atoms with Crippen molar-refractivity contribution in [3.63, 3.8) is 0 Å². The highest BCUT2D eigenvalue weighted by atomic mass is 32.1. The fourth-order valence-electron chi connectivity index (χ4n) is 1.73. The normalized spacial score (nSPS) is 10.2. The summed E-state index contributed by atoms with van der Waals surface area (Å²) in [5.74, 6) is -0.880. The molecule has 21 heavy (non-hydrogen) atoms. The molecule has 110 valence electrons. The topological polar surface area (TPSA) is 44.5 Å². The standard InChI is InChI=1S/C15H13F2NO2S/c1-19-14-7-10(15(18)21)3-5-13(14)20-8-9-2-4-11(16)12(17)6-9/h2-7H,8H2,1H3,(H2,18,21). The van der Waals surface area contributed by atoms with Gasteiger partial charge in [-0.1, -0.05) is 18.3 Å². The fraction of sp³-hybridized carbons (Fsp3) is 0.133. The van der Waals surface area contributed by atoms with Gasteiger partial charge in [-0.15, -0.1) is 0 Å². The van der Waals surface area contributed by atoms with Gasteiger partial charge in [0.05, 0.1) is 7.11 Å². The first-order chi connectivity index (χ1) is 10.0. The Labute approximate surface area is 126 Å². The molecule has 0 heterocycles. The third kappa shape index (κ3) is 3.66. The molecule has 0 saturated heterocycles. The van der Waals surface area contributed by atoms with E-state index >= 15 is 0 Å². The van der Waals surface area contributed by atoms with E-state index in [1.807, 2.05) is 0 Å². The highest BCUT2D eigenvalue weighted by Crippen LogP contribution is 2.29. The SMILES string of the molecule is COc1cc(C(N)=S)ccc1OCc1ccc(F)c(F)c1. The lowest BCUT2D eigenvalue weighted by atomic mass is 10.2. The number of hydrogen-bond donors (Lipinski definition) is 1. The van der Waals surface area contributed by atoms with Gasteiger partial charge in [-0.05, 0) is 35.9 Å². The second kappa shape index (κ2) is 6.49. The molecule has 0 radical (unpaired) electrons. The molecule has 0 spiro atoms. The van der Waals surface area contributed by atoms with Crippen LogP contribution in [0.25, 0.3) is 0 Å². The predicted octanol–water partition coefficient (Wildman–Crippen LogP) is 3.19. The van der Waals surface area contributed by atoms with Crippen LogP contribution in [0.4, 0.5) is 8.78 Å². The van der Waals surface area contributed by atoms with E-state index in [2.05, 4.69) is 0 Å². The third-order valence-electron chi connectivity index (χ3n) is 2.83. The largest absolute Gasteiger partial charge is 0.493 e. The molecular formula is C15H13F2NO2S. The van der Waals surface area contributed by atoms with Crippen molar-refractivity contribution >= 4 is 17.2 Å². The molecule has 0 amide bonds.